The van der Waals surface area contributed by atoms with E-state index in [0.29, 0.717) is 32.5 Å². The minimum absolute atomic E-state index is 0.0341. The minimum atomic E-state index is -0.846. The summed E-state index contributed by atoms with van der Waals surface area (Å²) in [7, 11) is 0. The maximum atomic E-state index is 12.2. The van der Waals surface area contributed by atoms with Gasteiger partial charge < -0.3 is 14.9 Å². The quantitative estimate of drug-likeness (QED) is 0.845. The molecule has 20 heavy (non-hydrogen) atoms. The normalized spacial score (nSPS) is 26.9. The number of carbonyl (C=O) groups is 3. The Morgan fingerprint density at radius 1 is 1.40 bits per heavy atom. The molecule has 0 saturated carbocycles. The maximum absolute atomic E-state index is 12.2. The van der Waals surface area contributed by atoms with Gasteiger partial charge in [-0.1, -0.05) is 11.8 Å². The van der Waals surface area contributed by atoms with Gasteiger partial charge in [0.25, 0.3) is 5.24 Å². The number of rotatable bonds is 4. The lowest BCUT2D eigenvalue weighted by Crippen LogP contribution is -2.48. The van der Waals surface area contributed by atoms with E-state index in [9.17, 15) is 19.5 Å². The molecule has 0 aromatic carbocycles. The molecular weight excluding hydrogens is 280 g/mol. The minimum Gasteiger partial charge on any atom is -0.481 e. The van der Waals surface area contributed by atoms with Crippen LogP contribution in [0.4, 0.5) is 4.79 Å². The summed E-state index contributed by atoms with van der Waals surface area (Å²) in [6.07, 6.45) is 1.60. The molecule has 1 atom stereocenters. The number of carboxylic acid groups (broad SMARTS) is 1. The molecule has 0 aliphatic carbocycles. The molecule has 112 valence electrons. The fourth-order valence-corrected chi connectivity index (χ4v) is 3.50. The molecule has 2 rings (SSSR count). The fourth-order valence-electron chi connectivity index (χ4n) is 2.64. The second-order valence-electron chi connectivity index (χ2n) is 5.64. The SMILES string of the molecule is CC1(C(=O)O)CCCN(C(=O)CCN2CCSC2=O)C1. The lowest BCUT2D eigenvalue weighted by atomic mass is 9.82. The Labute approximate surface area is 122 Å². The Hall–Kier alpha value is -1.24. The maximum Gasteiger partial charge on any atom is 0.311 e. The second kappa shape index (κ2) is 6.03. The van der Waals surface area contributed by atoms with Gasteiger partial charge in [-0.05, 0) is 19.8 Å². The van der Waals surface area contributed by atoms with Crippen LogP contribution in [0.15, 0.2) is 0 Å². The average Bonchev–Trinajstić information content (AvgIpc) is 2.81. The van der Waals surface area contributed by atoms with E-state index in [4.69, 9.17) is 0 Å². The Balaban J connectivity index is 1.86. The van der Waals surface area contributed by atoms with Crippen LogP contribution in [0, 0.1) is 5.41 Å². The second-order valence-corrected chi connectivity index (χ2v) is 6.68. The largest absolute Gasteiger partial charge is 0.481 e. The smallest absolute Gasteiger partial charge is 0.311 e. The molecule has 2 aliphatic heterocycles. The van der Waals surface area contributed by atoms with Crippen LogP contribution in [0.25, 0.3) is 0 Å². The summed E-state index contributed by atoms with van der Waals surface area (Å²) < 4.78 is 0. The zero-order valence-electron chi connectivity index (χ0n) is 11.6. The van der Waals surface area contributed by atoms with Gasteiger partial charge in [0, 0.05) is 38.4 Å². The number of hydrogen-bond donors (Lipinski definition) is 1. The molecule has 0 bridgehead atoms. The van der Waals surface area contributed by atoms with Crippen LogP contribution in [-0.4, -0.2) is 64.0 Å². The first-order chi connectivity index (χ1) is 9.42. The van der Waals surface area contributed by atoms with Gasteiger partial charge in [0.1, 0.15) is 0 Å². The zero-order chi connectivity index (χ0) is 14.8. The summed E-state index contributed by atoms with van der Waals surface area (Å²) in [5.74, 6) is -0.114. The standard InChI is InChI=1S/C13H20N2O4S/c1-13(11(17)18)4-2-5-15(9-13)10(16)3-6-14-7-8-20-12(14)19/h2-9H2,1H3,(H,17,18). The number of carbonyl (C=O) groups excluding carboxylic acids is 2. The summed E-state index contributed by atoms with van der Waals surface area (Å²) in [5.41, 5.74) is -0.840. The van der Waals surface area contributed by atoms with Crippen molar-refractivity contribution in [2.24, 2.45) is 5.41 Å². The summed E-state index contributed by atoms with van der Waals surface area (Å²) >= 11 is 1.28. The highest BCUT2D eigenvalue weighted by Gasteiger charge is 2.39. The van der Waals surface area contributed by atoms with Crippen molar-refractivity contribution in [3.05, 3.63) is 0 Å². The van der Waals surface area contributed by atoms with Crippen molar-refractivity contribution in [1.29, 1.82) is 0 Å². The molecule has 0 spiro atoms. The predicted molar refractivity (Wildman–Crippen MR) is 75.6 cm³/mol. The van der Waals surface area contributed by atoms with E-state index in [0.717, 1.165) is 5.75 Å². The van der Waals surface area contributed by atoms with Gasteiger partial charge in [-0.3, -0.25) is 14.4 Å². The van der Waals surface area contributed by atoms with Crippen LogP contribution >= 0.6 is 11.8 Å². The van der Waals surface area contributed by atoms with Gasteiger partial charge in [-0.25, -0.2) is 0 Å². The Kier molecular flexibility index (Phi) is 4.57. The van der Waals surface area contributed by atoms with Gasteiger partial charge in [0.2, 0.25) is 5.91 Å². The molecule has 2 saturated heterocycles. The highest BCUT2D eigenvalue weighted by atomic mass is 32.2. The molecule has 2 fully saturated rings. The molecule has 0 aromatic heterocycles. The van der Waals surface area contributed by atoms with E-state index in [-0.39, 0.29) is 24.1 Å². The molecule has 1 N–H and O–H groups in total. The lowest BCUT2D eigenvalue weighted by Gasteiger charge is -2.37. The molecule has 6 nitrogen and oxygen atoms in total. The number of aliphatic carboxylic acids is 1. The van der Waals surface area contributed by atoms with Crippen molar-refractivity contribution in [3.8, 4) is 0 Å². The first-order valence-electron chi connectivity index (χ1n) is 6.85. The van der Waals surface area contributed by atoms with Gasteiger partial charge in [0.15, 0.2) is 0 Å². The van der Waals surface area contributed by atoms with Gasteiger partial charge in [0.05, 0.1) is 5.41 Å². The van der Waals surface area contributed by atoms with Crippen LogP contribution in [0.5, 0.6) is 0 Å². The molecule has 2 heterocycles. The number of thioether (sulfide) groups is 1. The zero-order valence-corrected chi connectivity index (χ0v) is 12.4. The van der Waals surface area contributed by atoms with Crippen LogP contribution in [0.1, 0.15) is 26.2 Å². The van der Waals surface area contributed by atoms with E-state index < -0.39 is 11.4 Å². The van der Waals surface area contributed by atoms with Gasteiger partial charge >= 0.3 is 5.97 Å². The van der Waals surface area contributed by atoms with E-state index in [1.807, 2.05) is 0 Å². The number of hydrogen-bond acceptors (Lipinski definition) is 4. The topological polar surface area (TPSA) is 77.9 Å². The van der Waals surface area contributed by atoms with Gasteiger partial charge in [-0.2, -0.15) is 0 Å². The van der Waals surface area contributed by atoms with Crippen LogP contribution in [0.3, 0.4) is 0 Å². The predicted octanol–water partition coefficient (Wildman–Crippen LogP) is 1.26. The van der Waals surface area contributed by atoms with E-state index >= 15 is 0 Å². The number of carboxylic acids is 1. The van der Waals surface area contributed by atoms with E-state index in [2.05, 4.69) is 0 Å². The average molecular weight is 300 g/mol. The van der Waals surface area contributed by atoms with Crippen molar-refractivity contribution in [1.82, 2.24) is 9.80 Å². The number of piperidine rings is 1. The summed E-state index contributed by atoms with van der Waals surface area (Å²) in [6, 6.07) is 0. The molecule has 1 unspecified atom stereocenters. The van der Waals surface area contributed by atoms with E-state index in [1.165, 1.54) is 11.8 Å². The van der Waals surface area contributed by atoms with Crippen molar-refractivity contribution in [2.45, 2.75) is 26.2 Å². The highest BCUT2D eigenvalue weighted by molar-refractivity contribution is 8.13. The third-order valence-electron chi connectivity index (χ3n) is 4.01. The highest BCUT2D eigenvalue weighted by Crippen LogP contribution is 2.30. The Morgan fingerprint density at radius 2 is 2.15 bits per heavy atom. The van der Waals surface area contributed by atoms with Gasteiger partial charge in [-0.15, -0.1) is 0 Å². The summed E-state index contributed by atoms with van der Waals surface area (Å²) in [5, 5.41) is 9.27. The first kappa shape index (κ1) is 15.2. The molecule has 0 aromatic rings. The number of amides is 2. The number of likely N-dealkylation sites (tertiary alicyclic amines) is 1. The molecule has 2 aliphatic rings. The van der Waals surface area contributed by atoms with Crippen LogP contribution in [-0.2, 0) is 9.59 Å². The lowest BCUT2D eigenvalue weighted by molar-refractivity contribution is -0.153. The molecule has 7 heteroatoms. The van der Waals surface area contributed by atoms with Crippen LogP contribution in [0.2, 0.25) is 0 Å². The Morgan fingerprint density at radius 3 is 2.75 bits per heavy atom. The van der Waals surface area contributed by atoms with Crippen molar-refractivity contribution >= 4 is 28.9 Å². The Bertz CT molecular complexity index is 429. The first-order valence-corrected chi connectivity index (χ1v) is 7.84. The summed E-state index contributed by atoms with van der Waals surface area (Å²) in [4.78, 5) is 38.2. The molecule has 0 radical (unpaired) electrons. The van der Waals surface area contributed by atoms with Crippen molar-refractivity contribution in [3.63, 3.8) is 0 Å². The third-order valence-corrected chi connectivity index (χ3v) is 4.90. The molecule has 2 amide bonds. The van der Waals surface area contributed by atoms with Crippen molar-refractivity contribution in [2.75, 3.05) is 31.9 Å². The van der Waals surface area contributed by atoms with Crippen LogP contribution < -0.4 is 0 Å². The van der Waals surface area contributed by atoms with E-state index in [1.54, 1.807) is 16.7 Å². The summed E-state index contributed by atoms with van der Waals surface area (Å²) in [6.45, 7) is 3.71. The van der Waals surface area contributed by atoms with Crippen molar-refractivity contribution < 1.29 is 19.5 Å². The fraction of sp³-hybridized carbons (Fsp3) is 0.769. The molecular formula is C13H20N2O4S. The third kappa shape index (κ3) is 3.26. The monoisotopic (exact) mass is 300 g/mol. The number of nitrogens with zero attached hydrogens (tertiary/aromatic N) is 2.